The molecule has 4 rings (SSSR count). The Hall–Kier alpha value is -1.81. The topological polar surface area (TPSA) is 92.8 Å². The SMILES string of the molecule is O=C(COC(=O)CCN1C(=O)[C@@H]2[C@H]3C[C@@H]([C@H](Br)[C@H]3Br)[C@H]2C1=O)Nc1ccc(F)cc1. The highest BCUT2D eigenvalue weighted by atomic mass is 79.9. The lowest BCUT2D eigenvalue weighted by Gasteiger charge is -2.28. The summed E-state index contributed by atoms with van der Waals surface area (Å²) in [5.74, 6) is -2.52. The lowest BCUT2D eigenvalue weighted by Crippen LogP contribution is -2.37. The van der Waals surface area contributed by atoms with E-state index in [9.17, 15) is 23.6 Å². The predicted octanol–water partition coefficient (Wildman–Crippen LogP) is 2.48. The minimum atomic E-state index is -0.679. The van der Waals surface area contributed by atoms with Crippen LogP contribution in [0, 0.1) is 29.5 Å². The maximum atomic E-state index is 12.9. The molecule has 3 fully saturated rings. The van der Waals surface area contributed by atoms with Gasteiger partial charge in [-0.25, -0.2) is 4.39 Å². The summed E-state index contributed by atoms with van der Waals surface area (Å²) in [6.07, 6.45) is 0.670. The van der Waals surface area contributed by atoms with Crippen molar-refractivity contribution in [1.29, 1.82) is 0 Å². The van der Waals surface area contributed by atoms with E-state index < -0.39 is 24.3 Å². The van der Waals surface area contributed by atoms with Crippen LogP contribution in [0.3, 0.4) is 0 Å². The van der Waals surface area contributed by atoms with Crippen LogP contribution in [-0.4, -0.2) is 51.4 Å². The maximum absolute atomic E-state index is 12.9. The minimum absolute atomic E-state index is 0.0531. The Morgan fingerprint density at radius 1 is 1.07 bits per heavy atom. The first-order valence-corrected chi connectivity index (χ1v) is 11.5. The summed E-state index contributed by atoms with van der Waals surface area (Å²) in [4.78, 5) is 50.8. The Morgan fingerprint density at radius 3 is 2.20 bits per heavy atom. The van der Waals surface area contributed by atoms with Crippen LogP contribution >= 0.6 is 31.9 Å². The number of hydrogen-bond donors (Lipinski definition) is 1. The number of halogens is 3. The standard InChI is InChI=1S/C20H19Br2FN2O5/c21-17-11-7-12(18(17)22)16-15(11)19(28)25(20(16)29)6-5-14(27)30-8-13(26)24-10-3-1-9(23)2-4-10/h1-4,11-12,15-18H,5-8H2,(H,24,26)/t11-,12-,15-,16-,17+,18+/m1/s1. The van der Waals surface area contributed by atoms with Crippen LogP contribution in [0.2, 0.25) is 0 Å². The van der Waals surface area contributed by atoms with E-state index in [1.165, 1.54) is 29.2 Å². The number of likely N-dealkylation sites (tertiary alicyclic amines) is 1. The number of rotatable bonds is 6. The first-order valence-electron chi connectivity index (χ1n) is 9.62. The highest BCUT2D eigenvalue weighted by Crippen LogP contribution is 2.60. The summed E-state index contributed by atoms with van der Waals surface area (Å²) in [5, 5.41) is 2.48. The van der Waals surface area contributed by atoms with Gasteiger partial charge in [0.25, 0.3) is 5.91 Å². The molecule has 6 atom stereocenters. The molecule has 1 aromatic rings. The normalized spacial score (nSPS) is 31.8. The third-order valence-electron chi connectivity index (χ3n) is 6.11. The van der Waals surface area contributed by atoms with E-state index in [0.717, 1.165) is 6.42 Å². The zero-order valence-electron chi connectivity index (χ0n) is 15.7. The fourth-order valence-corrected chi connectivity index (χ4v) is 6.66. The van der Waals surface area contributed by atoms with E-state index >= 15 is 0 Å². The van der Waals surface area contributed by atoms with Gasteiger partial charge in [0, 0.05) is 21.9 Å². The number of amides is 3. The lowest BCUT2D eigenvalue weighted by atomic mass is 9.81. The number of ether oxygens (including phenoxy) is 1. The van der Waals surface area contributed by atoms with Crippen molar-refractivity contribution in [2.75, 3.05) is 18.5 Å². The van der Waals surface area contributed by atoms with Gasteiger partial charge in [-0.1, -0.05) is 31.9 Å². The molecule has 2 aliphatic carbocycles. The van der Waals surface area contributed by atoms with Gasteiger partial charge in [0.1, 0.15) is 5.82 Å². The summed E-state index contributed by atoms with van der Waals surface area (Å²) in [5.41, 5.74) is 0.377. The number of anilines is 1. The quantitative estimate of drug-likeness (QED) is 0.337. The van der Waals surface area contributed by atoms with E-state index in [1.807, 2.05) is 0 Å². The number of fused-ring (bicyclic) bond motifs is 5. The van der Waals surface area contributed by atoms with Crippen LogP contribution in [0.1, 0.15) is 12.8 Å². The van der Waals surface area contributed by atoms with Gasteiger partial charge in [-0.05, 0) is 42.5 Å². The number of carbonyl (C=O) groups is 4. The smallest absolute Gasteiger partial charge is 0.308 e. The fraction of sp³-hybridized carbons (Fsp3) is 0.500. The average molecular weight is 546 g/mol. The molecular weight excluding hydrogens is 527 g/mol. The molecule has 1 heterocycles. The van der Waals surface area contributed by atoms with Gasteiger partial charge < -0.3 is 10.1 Å². The Kier molecular flexibility index (Phi) is 5.98. The molecule has 1 N–H and O–H groups in total. The molecule has 0 unspecified atom stereocenters. The van der Waals surface area contributed by atoms with Gasteiger partial charge in [0.2, 0.25) is 11.8 Å². The number of nitrogens with one attached hydrogen (secondary N) is 1. The van der Waals surface area contributed by atoms with Gasteiger partial charge in [-0.2, -0.15) is 0 Å². The predicted molar refractivity (Wildman–Crippen MR) is 111 cm³/mol. The molecule has 1 saturated heterocycles. The molecule has 3 amide bonds. The van der Waals surface area contributed by atoms with Gasteiger partial charge in [-0.15, -0.1) is 0 Å². The molecule has 0 aromatic heterocycles. The van der Waals surface area contributed by atoms with Crippen LogP contribution in [0.25, 0.3) is 0 Å². The molecule has 30 heavy (non-hydrogen) atoms. The Morgan fingerprint density at radius 2 is 1.63 bits per heavy atom. The molecule has 160 valence electrons. The molecule has 2 bridgehead atoms. The third-order valence-corrected chi connectivity index (χ3v) is 9.32. The number of nitrogens with zero attached hydrogens (tertiary/aromatic N) is 1. The van der Waals surface area contributed by atoms with E-state index in [-0.39, 0.29) is 58.1 Å². The second-order valence-electron chi connectivity index (χ2n) is 7.80. The fourth-order valence-electron chi connectivity index (χ4n) is 4.78. The van der Waals surface area contributed by atoms with Crippen LogP contribution in [0.15, 0.2) is 24.3 Å². The van der Waals surface area contributed by atoms with Gasteiger partial charge in [-0.3, -0.25) is 24.1 Å². The summed E-state index contributed by atoms with van der Waals surface area (Å²) in [6.45, 7) is -0.563. The van der Waals surface area contributed by atoms with E-state index in [0.29, 0.717) is 5.69 Å². The van der Waals surface area contributed by atoms with Crippen molar-refractivity contribution >= 4 is 61.2 Å². The molecule has 0 radical (unpaired) electrons. The summed E-state index contributed by atoms with van der Waals surface area (Å²) < 4.78 is 17.8. The van der Waals surface area contributed by atoms with Crippen LogP contribution in [0.4, 0.5) is 10.1 Å². The highest BCUT2D eigenvalue weighted by molar-refractivity contribution is 9.12. The zero-order valence-corrected chi connectivity index (χ0v) is 18.9. The molecule has 7 nitrogen and oxygen atoms in total. The summed E-state index contributed by atoms with van der Waals surface area (Å²) in [6, 6.07) is 5.17. The average Bonchev–Trinajstić information content (AvgIpc) is 3.32. The Labute approximate surface area is 188 Å². The van der Waals surface area contributed by atoms with Crippen molar-refractivity contribution < 1.29 is 28.3 Å². The zero-order chi connectivity index (χ0) is 21.6. The number of benzene rings is 1. The highest BCUT2D eigenvalue weighted by Gasteiger charge is 2.66. The van der Waals surface area contributed by atoms with Crippen LogP contribution in [-0.2, 0) is 23.9 Å². The first kappa shape index (κ1) is 21.4. The van der Waals surface area contributed by atoms with Gasteiger partial charge in [0.05, 0.1) is 18.3 Å². The van der Waals surface area contributed by atoms with Crippen molar-refractivity contribution in [3.05, 3.63) is 30.1 Å². The van der Waals surface area contributed by atoms with Crippen molar-refractivity contribution in [2.24, 2.45) is 23.7 Å². The van der Waals surface area contributed by atoms with Crippen molar-refractivity contribution in [1.82, 2.24) is 4.90 Å². The number of imide groups is 1. The van der Waals surface area contributed by atoms with Crippen LogP contribution in [0.5, 0.6) is 0 Å². The second-order valence-corrected chi connectivity index (χ2v) is 9.91. The van der Waals surface area contributed by atoms with E-state index in [2.05, 4.69) is 37.2 Å². The monoisotopic (exact) mass is 544 g/mol. The second kappa shape index (κ2) is 8.37. The molecule has 1 aromatic carbocycles. The van der Waals surface area contributed by atoms with Gasteiger partial charge >= 0.3 is 5.97 Å². The maximum Gasteiger partial charge on any atom is 0.308 e. The molecule has 3 aliphatic rings. The Balaban J connectivity index is 1.25. The van der Waals surface area contributed by atoms with Crippen LogP contribution < -0.4 is 5.32 Å². The van der Waals surface area contributed by atoms with Crippen molar-refractivity contribution in [3.63, 3.8) is 0 Å². The molecule has 10 heteroatoms. The van der Waals surface area contributed by atoms with E-state index in [4.69, 9.17) is 4.74 Å². The van der Waals surface area contributed by atoms with Gasteiger partial charge in [0.15, 0.2) is 6.61 Å². The lowest BCUT2D eigenvalue weighted by molar-refractivity contribution is -0.149. The number of esters is 1. The van der Waals surface area contributed by atoms with Crippen molar-refractivity contribution in [2.45, 2.75) is 22.5 Å². The number of hydrogen-bond acceptors (Lipinski definition) is 5. The summed E-state index contributed by atoms with van der Waals surface area (Å²) in [7, 11) is 0. The largest absolute Gasteiger partial charge is 0.456 e. The van der Waals surface area contributed by atoms with E-state index in [1.54, 1.807) is 0 Å². The minimum Gasteiger partial charge on any atom is -0.456 e. The first-order chi connectivity index (χ1) is 14.3. The molecular formula is C20H19Br2FN2O5. The number of alkyl halides is 2. The molecule has 1 aliphatic heterocycles. The molecule has 0 spiro atoms. The Bertz CT molecular complexity index is 864. The van der Waals surface area contributed by atoms with Crippen molar-refractivity contribution in [3.8, 4) is 0 Å². The summed E-state index contributed by atoms with van der Waals surface area (Å²) >= 11 is 7.26. The molecule has 2 saturated carbocycles. The number of carbonyl (C=O) groups excluding carboxylic acids is 4. The third kappa shape index (κ3) is 3.79.